The van der Waals surface area contributed by atoms with Gasteiger partial charge in [-0.3, -0.25) is 4.90 Å². The van der Waals surface area contributed by atoms with Crippen LogP contribution in [0.1, 0.15) is 18.9 Å². The molecule has 2 aromatic heterocycles. The Hall–Kier alpha value is -3.50. The summed E-state index contributed by atoms with van der Waals surface area (Å²) < 4.78 is 23.8. The van der Waals surface area contributed by atoms with Crippen LogP contribution in [0, 0.1) is 5.82 Å². The maximum absolute atomic E-state index is 14.9. The molecule has 0 radical (unpaired) electrons. The quantitative estimate of drug-likeness (QED) is 0.631. The Labute approximate surface area is 171 Å². The highest BCUT2D eigenvalue weighted by Gasteiger charge is 2.33. The van der Waals surface area contributed by atoms with E-state index in [1.165, 1.54) is 11.0 Å². The van der Waals surface area contributed by atoms with Crippen LogP contribution >= 0.6 is 0 Å². The number of rotatable bonds is 5. The first-order valence-electron chi connectivity index (χ1n) is 9.90. The van der Waals surface area contributed by atoms with Gasteiger partial charge in [0.05, 0.1) is 42.9 Å². The Morgan fingerprint density at radius 2 is 1.90 bits per heavy atom. The molecule has 0 unspecified atom stereocenters. The maximum Gasteiger partial charge on any atom is 0.414 e. The van der Waals surface area contributed by atoms with Crippen LogP contribution in [0.4, 0.5) is 20.6 Å². The van der Waals surface area contributed by atoms with Crippen molar-refractivity contribution < 1.29 is 13.9 Å². The van der Waals surface area contributed by atoms with Crippen molar-refractivity contribution in [3.05, 3.63) is 48.8 Å². The van der Waals surface area contributed by atoms with Gasteiger partial charge in [-0.2, -0.15) is 0 Å². The van der Waals surface area contributed by atoms with E-state index in [0.717, 1.165) is 25.9 Å². The first-order valence-corrected chi connectivity index (χ1v) is 9.90. The zero-order valence-corrected chi connectivity index (χ0v) is 16.2. The molecule has 4 heterocycles. The number of piperidine rings is 1. The summed E-state index contributed by atoms with van der Waals surface area (Å²) in [6.45, 7) is 2.20. The van der Waals surface area contributed by atoms with Gasteiger partial charge >= 0.3 is 6.09 Å². The molecule has 2 aliphatic rings. The van der Waals surface area contributed by atoms with Crippen molar-refractivity contribution in [1.82, 2.24) is 30.0 Å². The van der Waals surface area contributed by atoms with Gasteiger partial charge in [0, 0.05) is 25.5 Å². The fourth-order valence-corrected chi connectivity index (χ4v) is 4.07. The molecule has 2 aliphatic heterocycles. The van der Waals surface area contributed by atoms with Crippen molar-refractivity contribution in [2.45, 2.75) is 31.5 Å². The average Bonchev–Trinajstić information content (AvgIpc) is 3.51. The summed E-state index contributed by atoms with van der Waals surface area (Å²) in [4.78, 5) is 15.8. The summed E-state index contributed by atoms with van der Waals surface area (Å²) in [7, 11) is 0. The lowest BCUT2D eigenvalue weighted by atomic mass is 10.0. The molecule has 0 saturated carbocycles. The van der Waals surface area contributed by atoms with Gasteiger partial charge in [0.1, 0.15) is 11.9 Å². The van der Waals surface area contributed by atoms with Gasteiger partial charge in [-0.15, -0.1) is 10.2 Å². The van der Waals surface area contributed by atoms with Gasteiger partial charge < -0.3 is 9.64 Å². The number of aromatic nitrogens is 6. The molecule has 156 valence electrons. The van der Waals surface area contributed by atoms with Crippen molar-refractivity contribution >= 4 is 17.5 Å². The van der Waals surface area contributed by atoms with Crippen LogP contribution < -0.4 is 9.80 Å². The molecule has 10 nitrogen and oxygen atoms in total. The van der Waals surface area contributed by atoms with Crippen molar-refractivity contribution in [3.8, 4) is 0 Å². The summed E-state index contributed by atoms with van der Waals surface area (Å²) in [5, 5.41) is 15.5. The van der Waals surface area contributed by atoms with Crippen LogP contribution in [-0.2, 0) is 11.3 Å². The molecule has 11 heteroatoms. The van der Waals surface area contributed by atoms with E-state index in [9.17, 15) is 9.18 Å². The highest BCUT2D eigenvalue weighted by atomic mass is 19.1. The van der Waals surface area contributed by atoms with Crippen molar-refractivity contribution in [1.29, 1.82) is 0 Å². The van der Waals surface area contributed by atoms with Crippen LogP contribution in [0.15, 0.2) is 43.0 Å². The normalized spacial score (nSPS) is 20.0. The topological polar surface area (TPSA) is 94.2 Å². The standard InChI is InChI=1S/C19H21FN8O2/c20-17-11-15(27-13-16(30-19(27)29)12-26-9-5-21-23-26)1-2-18(17)25-7-3-14(4-8-25)28-10-6-22-24-28/h1-2,5-6,9-11,14,16H,3-4,7-8,12-13H2/t16-/m0/s1. The zero-order valence-electron chi connectivity index (χ0n) is 16.2. The molecule has 1 atom stereocenters. The van der Waals surface area contributed by atoms with Gasteiger partial charge in [0.15, 0.2) is 0 Å². The summed E-state index contributed by atoms with van der Waals surface area (Å²) in [5.41, 5.74) is 1.03. The minimum absolute atomic E-state index is 0.285. The van der Waals surface area contributed by atoms with E-state index in [0.29, 0.717) is 24.5 Å². The minimum Gasteiger partial charge on any atom is -0.442 e. The first-order chi connectivity index (χ1) is 14.7. The first kappa shape index (κ1) is 18.5. The summed E-state index contributed by atoms with van der Waals surface area (Å²) in [6, 6.07) is 5.18. The molecule has 30 heavy (non-hydrogen) atoms. The largest absolute Gasteiger partial charge is 0.442 e. The van der Waals surface area contributed by atoms with Gasteiger partial charge in [0.25, 0.3) is 0 Å². The Balaban J connectivity index is 1.24. The summed E-state index contributed by atoms with van der Waals surface area (Å²) >= 11 is 0. The van der Waals surface area contributed by atoms with E-state index in [4.69, 9.17) is 4.74 Å². The van der Waals surface area contributed by atoms with Crippen LogP contribution in [0.3, 0.4) is 0 Å². The molecule has 0 aliphatic carbocycles. The lowest BCUT2D eigenvalue weighted by molar-refractivity contribution is 0.129. The predicted molar refractivity (Wildman–Crippen MR) is 105 cm³/mol. The monoisotopic (exact) mass is 412 g/mol. The second-order valence-electron chi connectivity index (χ2n) is 7.48. The number of amides is 1. The number of halogens is 1. The SMILES string of the molecule is O=C1O[C@@H](Cn2ccnn2)CN1c1ccc(N2CCC(n3ccnn3)CC2)c(F)c1. The van der Waals surface area contributed by atoms with E-state index < -0.39 is 6.09 Å². The van der Waals surface area contributed by atoms with Gasteiger partial charge in [-0.25, -0.2) is 18.5 Å². The lowest BCUT2D eigenvalue weighted by Gasteiger charge is -2.33. The number of carbonyl (C=O) groups excluding carboxylic acids is 1. The summed E-state index contributed by atoms with van der Waals surface area (Å²) in [5.74, 6) is -0.348. The minimum atomic E-state index is -0.485. The lowest BCUT2D eigenvalue weighted by Crippen LogP contribution is -2.35. The third kappa shape index (κ3) is 3.58. The number of ether oxygens (including phenoxy) is 1. The number of carbonyl (C=O) groups is 1. The molecule has 0 N–H and O–H groups in total. The second-order valence-corrected chi connectivity index (χ2v) is 7.48. The van der Waals surface area contributed by atoms with Crippen LogP contribution in [0.5, 0.6) is 0 Å². The number of hydrogen-bond donors (Lipinski definition) is 0. The zero-order chi connectivity index (χ0) is 20.5. The Morgan fingerprint density at radius 3 is 2.60 bits per heavy atom. The molecular weight excluding hydrogens is 391 g/mol. The fourth-order valence-electron chi connectivity index (χ4n) is 4.07. The molecule has 1 amide bonds. The Bertz CT molecular complexity index is 1000. The number of anilines is 2. The maximum atomic E-state index is 14.9. The van der Waals surface area contributed by atoms with E-state index in [2.05, 4.69) is 20.6 Å². The molecule has 2 fully saturated rings. The average molecular weight is 412 g/mol. The molecule has 5 rings (SSSR count). The predicted octanol–water partition coefficient (Wildman–Crippen LogP) is 1.88. The highest BCUT2D eigenvalue weighted by Crippen LogP contribution is 2.31. The Morgan fingerprint density at radius 1 is 1.10 bits per heavy atom. The van der Waals surface area contributed by atoms with E-state index in [-0.39, 0.29) is 18.0 Å². The van der Waals surface area contributed by atoms with Gasteiger partial charge in [-0.1, -0.05) is 10.4 Å². The van der Waals surface area contributed by atoms with Gasteiger partial charge in [-0.05, 0) is 31.0 Å². The van der Waals surface area contributed by atoms with E-state index in [1.54, 1.807) is 35.4 Å². The molecular formula is C19H21FN8O2. The molecule has 1 aromatic carbocycles. The second kappa shape index (κ2) is 7.73. The molecule has 2 saturated heterocycles. The number of hydrogen-bond acceptors (Lipinski definition) is 7. The van der Waals surface area contributed by atoms with Crippen molar-refractivity contribution in [2.24, 2.45) is 0 Å². The molecule has 0 spiro atoms. The fraction of sp³-hybridized carbons (Fsp3) is 0.421. The highest BCUT2D eigenvalue weighted by molar-refractivity contribution is 5.90. The van der Waals surface area contributed by atoms with Crippen LogP contribution in [-0.4, -0.2) is 61.8 Å². The van der Waals surface area contributed by atoms with Crippen molar-refractivity contribution in [2.75, 3.05) is 29.4 Å². The third-order valence-corrected chi connectivity index (χ3v) is 5.60. The molecule has 3 aromatic rings. The van der Waals surface area contributed by atoms with E-state index in [1.807, 2.05) is 15.8 Å². The number of benzene rings is 1. The molecule has 0 bridgehead atoms. The third-order valence-electron chi connectivity index (χ3n) is 5.60. The van der Waals surface area contributed by atoms with Gasteiger partial charge in [0.2, 0.25) is 0 Å². The van der Waals surface area contributed by atoms with E-state index >= 15 is 0 Å². The number of nitrogens with zero attached hydrogens (tertiary/aromatic N) is 8. The smallest absolute Gasteiger partial charge is 0.414 e. The van der Waals surface area contributed by atoms with Crippen molar-refractivity contribution in [3.63, 3.8) is 0 Å². The summed E-state index contributed by atoms with van der Waals surface area (Å²) in [6.07, 6.45) is 7.69. The Kier molecular flexibility index (Phi) is 4.77. The van der Waals surface area contributed by atoms with Crippen LogP contribution in [0.25, 0.3) is 0 Å². The van der Waals surface area contributed by atoms with Crippen LogP contribution in [0.2, 0.25) is 0 Å². The number of cyclic esters (lactones) is 1.